The van der Waals surface area contributed by atoms with Crippen LogP contribution in [0.15, 0.2) is 66.7 Å². The number of ether oxygens (including phenoxy) is 1. The molecule has 45 heavy (non-hydrogen) atoms. The number of amides is 2. The molecule has 3 aromatic carbocycles. The molecule has 1 aliphatic carbocycles. The van der Waals surface area contributed by atoms with Gasteiger partial charge in [0, 0.05) is 32.0 Å². The van der Waals surface area contributed by atoms with Gasteiger partial charge in [-0.2, -0.15) is 0 Å². The van der Waals surface area contributed by atoms with Crippen molar-refractivity contribution in [3.8, 4) is 5.75 Å². The molecule has 8 nitrogen and oxygen atoms in total. The molecule has 1 saturated carbocycles. The van der Waals surface area contributed by atoms with E-state index in [1.807, 2.05) is 30.3 Å². The first-order valence-electron chi connectivity index (χ1n) is 14.8. The van der Waals surface area contributed by atoms with Gasteiger partial charge in [-0.05, 0) is 60.7 Å². The number of anilines is 1. The number of halogens is 3. The van der Waals surface area contributed by atoms with E-state index in [1.165, 1.54) is 17.5 Å². The van der Waals surface area contributed by atoms with E-state index in [4.69, 9.17) is 39.5 Å². The molecule has 3 aromatic rings. The lowest BCUT2D eigenvalue weighted by Gasteiger charge is -2.33. The van der Waals surface area contributed by atoms with Crippen molar-refractivity contribution < 1.29 is 22.7 Å². The summed E-state index contributed by atoms with van der Waals surface area (Å²) >= 11 is 18.8. The molecule has 2 amide bonds. The molecule has 0 unspecified atom stereocenters. The molecule has 4 rings (SSSR count). The van der Waals surface area contributed by atoms with Gasteiger partial charge in [-0.15, -0.1) is 0 Å². The van der Waals surface area contributed by atoms with Gasteiger partial charge in [0.05, 0.1) is 34.1 Å². The zero-order valence-corrected chi connectivity index (χ0v) is 28.4. The summed E-state index contributed by atoms with van der Waals surface area (Å²) in [7, 11) is -2.22. The summed E-state index contributed by atoms with van der Waals surface area (Å²) in [5, 5.41) is 4.18. The standard InChI is InChI=1S/C33H38Cl3N3O5S/c1-44-31-17-15-26(21-29(31)36)39(45(2,42)43)18-8-13-32(40)38(22-24-14-16-27(34)28(35)19-24)30(20-23-9-4-3-5-10-23)33(41)37-25-11-6-7-12-25/h3-5,9-10,14-17,19,21,25,30H,6-8,11-13,18,20,22H2,1-2H3,(H,37,41)/t30-/m0/s1. The van der Waals surface area contributed by atoms with Crippen LogP contribution in [-0.2, 0) is 32.6 Å². The Morgan fingerprint density at radius 2 is 1.64 bits per heavy atom. The number of hydrogen-bond acceptors (Lipinski definition) is 5. The van der Waals surface area contributed by atoms with Crippen LogP contribution in [-0.4, -0.2) is 57.1 Å². The third-order valence-corrected chi connectivity index (χ3v) is 10.1. The topological polar surface area (TPSA) is 96.0 Å². The average Bonchev–Trinajstić information content (AvgIpc) is 3.51. The average molecular weight is 695 g/mol. The van der Waals surface area contributed by atoms with Crippen LogP contribution in [0.25, 0.3) is 0 Å². The van der Waals surface area contributed by atoms with Crippen LogP contribution in [0.4, 0.5) is 5.69 Å². The molecular weight excluding hydrogens is 657 g/mol. The van der Waals surface area contributed by atoms with Crippen molar-refractivity contribution in [1.29, 1.82) is 0 Å². The highest BCUT2D eigenvalue weighted by atomic mass is 35.5. The van der Waals surface area contributed by atoms with Gasteiger partial charge in [0.1, 0.15) is 11.8 Å². The van der Waals surface area contributed by atoms with Gasteiger partial charge in [0.2, 0.25) is 21.8 Å². The first-order chi connectivity index (χ1) is 21.5. The van der Waals surface area contributed by atoms with Crippen molar-refractivity contribution in [2.24, 2.45) is 0 Å². The molecular formula is C33H38Cl3N3O5S. The van der Waals surface area contributed by atoms with Crippen LogP contribution in [0.5, 0.6) is 5.75 Å². The molecule has 0 bridgehead atoms. The Bertz CT molecular complexity index is 1580. The SMILES string of the molecule is COc1ccc(N(CCCC(=O)N(Cc2ccc(Cl)c(Cl)c2)[C@@H](Cc2ccccc2)C(=O)NC2CCCC2)S(C)(=O)=O)cc1Cl. The smallest absolute Gasteiger partial charge is 0.243 e. The van der Waals surface area contributed by atoms with Crippen molar-refractivity contribution in [3.05, 3.63) is 92.9 Å². The summed E-state index contributed by atoms with van der Waals surface area (Å²) in [6.07, 6.45) is 5.53. The maximum Gasteiger partial charge on any atom is 0.243 e. The van der Waals surface area contributed by atoms with Crippen LogP contribution in [0, 0.1) is 0 Å². The molecule has 0 saturated heterocycles. The quantitative estimate of drug-likeness (QED) is 0.198. The summed E-state index contributed by atoms with van der Waals surface area (Å²) in [5.74, 6) is -0.0862. The van der Waals surface area contributed by atoms with Crippen LogP contribution in [0.3, 0.4) is 0 Å². The van der Waals surface area contributed by atoms with Gasteiger partial charge >= 0.3 is 0 Å². The number of rotatable bonds is 14. The molecule has 242 valence electrons. The Morgan fingerprint density at radius 3 is 2.27 bits per heavy atom. The second-order valence-corrected chi connectivity index (χ2v) is 14.4. The lowest BCUT2D eigenvalue weighted by atomic mass is 10.0. The van der Waals surface area contributed by atoms with Crippen LogP contribution in [0.1, 0.15) is 49.7 Å². The molecule has 1 fully saturated rings. The number of benzene rings is 3. The Morgan fingerprint density at radius 1 is 0.933 bits per heavy atom. The number of methoxy groups -OCH3 is 1. The van der Waals surface area contributed by atoms with Crippen LogP contribution < -0.4 is 14.4 Å². The van der Waals surface area contributed by atoms with Crippen LogP contribution >= 0.6 is 34.8 Å². The monoisotopic (exact) mass is 693 g/mol. The van der Waals surface area contributed by atoms with E-state index in [9.17, 15) is 18.0 Å². The molecule has 0 radical (unpaired) electrons. The molecule has 1 atom stereocenters. The Labute approximate surface area is 280 Å². The fraction of sp³-hybridized carbons (Fsp3) is 0.394. The van der Waals surface area contributed by atoms with Gasteiger partial charge in [0.25, 0.3) is 0 Å². The van der Waals surface area contributed by atoms with E-state index in [-0.39, 0.29) is 48.8 Å². The molecule has 1 N–H and O–H groups in total. The first-order valence-corrected chi connectivity index (χ1v) is 17.8. The fourth-order valence-electron chi connectivity index (χ4n) is 5.57. The van der Waals surface area contributed by atoms with Crippen molar-refractivity contribution in [2.45, 2.75) is 63.6 Å². The second-order valence-electron chi connectivity index (χ2n) is 11.2. The number of carbonyl (C=O) groups excluding carboxylic acids is 2. The lowest BCUT2D eigenvalue weighted by molar-refractivity contribution is -0.141. The number of hydrogen-bond donors (Lipinski definition) is 1. The lowest BCUT2D eigenvalue weighted by Crippen LogP contribution is -2.52. The van der Waals surface area contributed by atoms with Gasteiger partial charge in [-0.3, -0.25) is 13.9 Å². The minimum atomic E-state index is -3.70. The van der Waals surface area contributed by atoms with E-state index in [0.29, 0.717) is 27.9 Å². The van der Waals surface area contributed by atoms with E-state index in [0.717, 1.165) is 43.1 Å². The zero-order chi connectivity index (χ0) is 32.6. The Balaban J connectivity index is 1.60. The molecule has 0 aromatic heterocycles. The summed E-state index contributed by atoms with van der Waals surface area (Å²) < 4.78 is 31.9. The number of nitrogens with zero attached hydrogens (tertiary/aromatic N) is 2. The maximum atomic E-state index is 14.1. The Hall–Kier alpha value is -2.98. The van der Waals surface area contributed by atoms with Crippen LogP contribution in [0.2, 0.25) is 15.1 Å². The maximum absolute atomic E-state index is 14.1. The molecule has 0 spiro atoms. The minimum absolute atomic E-state index is 0.000767. The van der Waals surface area contributed by atoms with E-state index >= 15 is 0 Å². The Kier molecular flexibility index (Phi) is 12.4. The fourth-order valence-corrected chi connectivity index (χ4v) is 7.10. The summed E-state index contributed by atoms with van der Waals surface area (Å²) in [6.45, 7) is 0.153. The molecule has 1 aliphatic rings. The van der Waals surface area contributed by atoms with Gasteiger partial charge in [-0.25, -0.2) is 8.42 Å². The number of carbonyl (C=O) groups is 2. The molecule has 0 aliphatic heterocycles. The van der Waals surface area contributed by atoms with Crippen molar-refractivity contribution in [2.75, 3.05) is 24.2 Å². The second kappa shape index (κ2) is 16.0. The highest BCUT2D eigenvalue weighted by molar-refractivity contribution is 7.92. The number of nitrogens with one attached hydrogen (secondary N) is 1. The number of sulfonamides is 1. The highest BCUT2D eigenvalue weighted by Gasteiger charge is 2.32. The third kappa shape index (κ3) is 9.75. The predicted octanol–water partition coefficient (Wildman–Crippen LogP) is 6.90. The van der Waals surface area contributed by atoms with Gasteiger partial charge in [0.15, 0.2) is 0 Å². The summed E-state index contributed by atoms with van der Waals surface area (Å²) in [4.78, 5) is 29.5. The summed E-state index contributed by atoms with van der Waals surface area (Å²) in [6, 6.07) is 18.7. The van der Waals surface area contributed by atoms with E-state index in [2.05, 4.69) is 5.32 Å². The molecule has 0 heterocycles. The van der Waals surface area contributed by atoms with Crippen molar-refractivity contribution in [1.82, 2.24) is 10.2 Å². The van der Waals surface area contributed by atoms with E-state index < -0.39 is 16.1 Å². The van der Waals surface area contributed by atoms with Crippen molar-refractivity contribution >= 4 is 62.3 Å². The zero-order valence-electron chi connectivity index (χ0n) is 25.3. The van der Waals surface area contributed by atoms with E-state index in [1.54, 1.807) is 35.2 Å². The highest BCUT2D eigenvalue weighted by Crippen LogP contribution is 2.31. The van der Waals surface area contributed by atoms with Crippen molar-refractivity contribution in [3.63, 3.8) is 0 Å². The normalized spacial score (nSPS) is 14.2. The first kappa shape index (κ1) is 34.9. The molecule has 12 heteroatoms. The minimum Gasteiger partial charge on any atom is -0.495 e. The largest absolute Gasteiger partial charge is 0.495 e. The van der Waals surface area contributed by atoms with Gasteiger partial charge < -0.3 is 15.0 Å². The van der Waals surface area contributed by atoms with Gasteiger partial charge in [-0.1, -0.05) is 84.0 Å². The third-order valence-electron chi connectivity index (χ3n) is 7.89. The predicted molar refractivity (Wildman–Crippen MR) is 181 cm³/mol. The summed E-state index contributed by atoms with van der Waals surface area (Å²) in [5.41, 5.74) is 1.99.